The molecule has 0 spiro atoms. The van der Waals surface area contributed by atoms with Gasteiger partial charge < -0.3 is 5.11 Å². The van der Waals surface area contributed by atoms with Gasteiger partial charge in [-0.05, 0) is 59.6 Å². The van der Waals surface area contributed by atoms with E-state index in [1.165, 1.54) is 6.07 Å². The Bertz CT molecular complexity index is 433. The Balaban J connectivity index is 2.31. The number of rotatable bonds is 3. The zero-order chi connectivity index (χ0) is 12.4. The van der Waals surface area contributed by atoms with Gasteiger partial charge >= 0.3 is 5.97 Å². The number of benzene rings is 1. The Morgan fingerprint density at radius 2 is 2.06 bits per heavy atom. The van der Waals surface area contributed by atoms with Crippen LogP contribution >= 0.6 is 15.9 Å². The molecule has 1 aromatic carbocycles. The predicted octanol–water partition coefficient (Wildman–Crippen LogP) is 2.81. The van der Waals surface area contributed by atoms with E-state index < -0.39 is 17.8 Å². The summed E-state index contributed by atoms with van der Waals surface area (Å²) < 4.78 is 13.8. The number of likely N-dealkylation sites (tertiary alicyclic amines) is 1. The molecule has 1 aliphatic heterocycles. The topological polar surface area (TPSA) is 40.5 Å². The maximum Gasteiger partial charge on any atom is 0.325 e. The van der Waals surface area contributed by atoms with E-state index in [0.717, 1.165) is 25.9 Å². The zero-order valence-corrected chi connectivity index (χ0v) is 10.8. The van der Waals surface area contributed by atoms with Crippen molar-refractivity contribution in [2.45, 2.75) is 18.9 Å². The monoisotopic (exact) mass is 301 g/mol. The van der Waals surface area contributed by atoms with Crippen LogP contribution in [0, 0.1) is 5.82 Å². The number of carbonyl (C=O) groups is 1. The van der Waals surface area contributed by atoms with Crippen molar-refractivity contribution >= 4 is 21.9 Å². The molecule has 2 rings (SSSR count). The van der Waals surface area contributed by atoms with Crippen molar-refractivity contribution in [1.82, 2.24) is 4.90 Å². The summed E-state index contributed by atoms with van der Waals surface area (Å²) in [6.07, 6.45) is 2.01. The summed E-state index contributed by atoms with van der Waals surface area (Å²) in [7, 11) is 0. The number of nitrogens with zero attached hydrogens (tertiary/aromatic N) is 1. The Morgan fingerprint density at radius 3 is 2.59 bits per heavy atom. The van der Waals surface area contributed by atoms with E-state index in [1.807, 2.05) is 4.90 Å². The molecule has 0 radical (unpaired) electrons. The van der Waals surface area contributed by atoms with E-state index in [9.17, 15) is 14.3 Å². The molecule has 1 unspecified atom stereocenters. The number of hydrogen-bond acceptors (Lipinski definition) is 2. The first-order valence-corrected chi connectivity index (χ1v) is 6.30. The van der Waals surface area contributed by atoms with E-state index in [2.05, 4.69) is 15.9 Å². The molecule has 0 bridgehead atoms. The van der Waals surface area contributed by atoms with Crippen molar-refractivity contribution in [2.75, 3.05) is 13.1 Å². The molecule has 1 atom stereocenters. The summed E-state index contributed by atoms with van der Waals surface area (Å²) in [5, 5.41) is 9.27. The highest BCUT2D eigenvalue weighted by atomic mass is 79.9. The smallest absolute Gasteiger partial charge is 0.325 e. The molecule has 1 N–H and O–H groups in total. The van der Waals surface area contributed by atoms with Crippen molar-refractivity contribution in [3.63, 3.8) is 0 Å². The molecule has 0 amide bonds. The second kappa shape index (κ2) is 5.14. The first-order valence-electron chi connectivity index (χ1n) is 5.51. The Kier molecular flexibility index (Phi) is 3.79. The fraction of sp³-hybridized carbons (Fsp3) is 0.417. The van der Waals surface area contributed by atoms with Crippen molar-refractivity contribution in [3.05, 3.63) is 34.1 Å². The van der Waals surface area contributed by atoms with E-state index in [4.69, 9.17) is 0 Å². The Morgan fingerprint density at radius 1 is 1.41 bits per heavy atom. The van der Waals surface area contributed by atoms with Crippen molar-refractivity contribution in [3.8, 4) is 0 Å². The van der Waals surface area contributed by atoms with Gasteiger partial charge in [0, 0.05) is 0 Å². The van der Waals surface area contributed by atoms with Crippen LogP contribution in [0.3, 0.4) is 0 Å². The number of halogens is 2. The summed E-state index contributed by atoms with van der Waals surface area (Å²) in [5.74, 6) is -1.35. The third-order valence-electron chi connectivity index (χ3n) is 3.00. The summed E-state index contributed by atoms with van der Waals surface area (Å²) in [4.78, 5) is 13.2. The molecule has 3 nitrogen and oxygen atoms in total. The predicted molar refractivity (Wildman–Crippen MR) is 65.3 cm³/mol. The van der Waals surface area contributed by atoms with Crippen LogP contribution in [0.1, 0.15) is 24.4 Å². The third-order valence-corrected chi connectivity index (χ3v) is 3.64. The van der Waals surface area contributed by atoms with Gasteiger partial charge in [-0.2, -0.15) is 0 Å². The fourth-order valence-electron chi connectivity index (χ4n) is 2.19. The quantitative estimate of drug-likeness (QED) is 0.933. The number of carboxylic acids is 1. The first-order chi connectivity index (χ1) is 8.09. The summed E-state index contributed by atoms with van der Waals surface area (Å²) in [6.45, 7) is 1.52. The van der Waals surface area contributed by atoms with Gasteiger partial charge in [0.1, 0.15) is 11.9 Å². The first kappa shape index (κ1) is 12.5. The lowest BCUT2D eigenvalue weighted by Crippen LogP contribution is -2.31. The largest absolute Gasteiger partial charge is 0.480 e. The normalized spacial score (nSPS) is 18.2. The molecular weight excluding hydrogens is 289 g/mol. The molecule has 5 heteroatoms. The minimum absolute atomic E-state index is 0.354. The van der Waals surface area contributed by atoms with Gasteiger partial charge in [0.25, 0.3) is 0 Å². The number of aliphatic carboxylic acids is 1. The highest BCUT2D eigenvalue weighted by Gasteiger charge is 2.29. The molecule has 1 fully saturated rings. The van der Waals surface area contributed by atoms with Crippen LogP contribution in [0.4, 0.5) is 4.39 Å². The standard InChI is InChI=1S/C12H13BrFNO2/c13-9-4-3-8(7-10(9)14)11(12(16)17)15-5-1-2-6-15/h3-4,7,11H,1-2,5-6H2,(H,16,17). The molecule has 1 saturated heterocycles. The van der Waals surface area contributed by atoms with Gasteiger partial charge in [-0.1, -0.05) is 6.07 Å². The van der Waals surface area contributed by atoms with Gasteiger partial charge in [-0.25, -0.2) is 4.39 Å². The van der Waals surface area contributed by atoms with Gasteiger partial charge in [0.15, 0.2) is 0 Å². The van der Waals surface area contributed by atoms with E-state index in [1.54, 1.807) is 12.1 Å². The van der Waals surface area contributed by atoms with E-state index in [-0.39, 0.29) is 0 Å². The molecule has 17 heavy (non-hydrogen) atoms. The molecule has 0 saturated carbocycles. The lowest BCUT2D eigenvalue weighted by Gasteiger charge is -2.24. The maximum absolute atomic E-state index is 13.4. The van der Waals surface area contributed by atoms with Crippen LogP contribution in [0.15, 0.2) is 22.7 Å². The molecule has 92 valence electrons. The van der Waals surface area contributed by atoms with Crippen LogP contribution in [0.25, 0.3) is 0 Å². The minimum atomic E-state index is -0.923. The van der Waals surface area contributed by atoms with Gasteiger partial charge in [-0.15, -0.1) is 0 Å². The summed E-state index contributed by atoms with van der Waals surface area (Å²) in [5.41, 5.74) is 0.500. The maximum atomic E-state index is 13.4. The van der Waals surface area contributed by atoms with Crippen molar-refractivity contribution in [1.29, 1.82) is 0 Å². The molecule has 0 aliphatic carbocycles. The molecule has 1 aliphatic rings. The molecule has 1 heterocycles. The fourth-order valence-corrected chi connectivity index (χ4v) is 2.44. The van der Waals surface area contributed by atoms with Gasteiger partial charge in [-0.3, -0.25) is 9.69 Å². The summed E-state index contributed by atoms with van der Waals surface area (Å²) >= 11 is 3.06. The summed E-state index contributed by atoms with van der Waals surface area (Å²) in [6, 6.07) is 3.77. The third kappa shape index (κ3) is 2.66. The lowest BCUT2D eigenvalue weighted by molar-refractivity contribution is -0.143. The SMILES string of the molecule is O=C(O)C(c1ccc(Br)c(F)c1)N1CCCC1. The molecule has 0 aromatic heterocycles. The van der Waals surface area contributed by atoms with Crippen LogP contribution in [0.2, 0.25) is 0 Å². The lowest BCUT2D eigenvalue weighted by atomic mass is 10.1. The zero-order valence-electron chi connectivity index (χ0n) is 9.20. The minimum Gasteiger partial charge on any atom is -0.480 e. The van der Waals surface area contributed by atoms with Crippen molar-refractivity contribution < 1.29 is 14.3 Å². The van der Waals surface area contributed by atoms with Crippen LogP contribution in [-0.4, -0.2) is 29.1 Å². The Hall–Kier alpha value is -0.940. The van der Waals surface area contributed by atoms with Crippen molar-refractivity contribution in [2.24, 2.45) is 0 Å². The number of hydrogen-bond donors (Lipinski definition) is 1. The van der Waals surface area contributed by atoms with Gasteiger partial charge in [0.05, 0.1) is 4.47 Å². The Labute approximate surface area is 107 Å². The van der Waals surface area contributed by atoms with Gasteiger partial charge in [0.2, 0.25) is 0 Å². The van der Waals surface area contributed by atoms with Crippen LogP contribution in [-0.2, 0) is 4.79 Å². The van der Waals surface area contributed by atoms with Crippen LogP contribution < -0.4 is 0 Å². The average molecular weight is 302 g/mol. The second-order valence-corrected chi connectivity index (χ2v) is 5.01. The highest BCUT2D eigenvalue weighted by molar-refractivity contribution is 9.10. The second-order valence-electron chi connectivity index (χ2n) is 4.16. The molecular formula is C12H13BrFNO2. The van der Waals surface area contributed by atoms with Crippen LogP contribution in [0.5, 0.6) is 0 Å². The average Bonchev–Trinajstić information content (AvgIpc) is 2.76. The van der Waals surface area contributed by atoms with E-state index in [0.29, 0.717) is 10.0 Å². The molecule has 1 aromatic rings. The number of carboxylic acid groups (broad SMARTS) is 1. The van der Waals surface area contributed by atoms with E-state index >= 15 is 0 Å². The highest BCUT2D eigenvalue weighted by Crippen LogP contribution is 2.27.